The van der Waals surface area contributed by atoms with E-state index in [-0.39, 0.29) is 36.0 Å². The maximum Gasteiger partial charge on any atom is 0.410 e. The van der Waals surface area contributed by atoms with Crippen molar-refractivity contribution in [3.8, 4) is 11.1 Å². The van der Waals surface area contributed by atoms with E-state index in [1.165, 1.54) is 4.90 Å². The number of ether oxygens (including phenoxy) is 1. The summed E-state index contributed by atoms with van der Waals surface area (Å²) in [6.07, 6.45) is 2.53. The zero-order valence-electron chi connectivity index (χ0n) is 21.2. The fourth-order valence-corrected chi connectivity index (χ4v) is 6.45. The zero-order valence-corrected chi connectivity index (χ0v) is 22.0. The number of primary amides is 1. The molecule has 2 fully saturated rings. The fraction of sp³-hybridized carbons (Fsp3) is 0.429. The molecule has 38 heavy (non-hydrogen) atoms. The molecule has 9 nitrogen and oxygen atoms in total. The molecule has 200 valence electrons. The maximum absolute atomic E-state index is 13.3. The SMILES string of the molecule is CS[C@@H]1C[C@@H](C(=O)N[C@@H](C[C@@H]2CCNC2=O)C(N)=O)N(C(=O)OCC2c3ccccc3-c3ccccc32)C1. The number of rotatable bonds is 8. The molecule has 3 aliphatic rings. The monoisotopic (exact) mass is 536 g/mol. The molecular formula is C28H32N4O5S. The highest BCUT2D eigenvalue weighted by molar-refractivity contribution is 7.99. The van der Waals surface area contributed by atoms with E-state index < -0.39 is 30.0 Å². The normalized spacial score (nSPS) is 22.9. The number of nitrogens with two attached hydrogens (primary N) is 1. The summed E-state index contributed by atoms with van der Waals surface area (Å²) in [5.41, 5.74) is 10.1. The lowest BCUT2D eigenvalue weighted by atomic mass is 9.97. The third-order valence-corrected chi connectivity index (χ3v) is 8.82. The molecule has 2 heterocycles. The molecule has 0 saturated carbocycles. The van der Waals surface area contributed by atoms with Crippen molar-refractivity contribution in [1.29, 1.82) is 0 Å². The predicted molar refractivity (Wildman–Crippen MR) is 144 cm³/mol. The van der Waals surface area contributed by atoms with Gasteiger partial charge < -0.3 is 21.1 Å². The van der Waals surface area contributed by atoms with Crippen molar-refractivity contribution in [2.24, 2.45) is 11.7 Å². The molecule has 2 aromatic rings. The number of hydrogen-bond donors (Lipinski definition) is 3. The van der Waals surface area contributed by atoms with E-state index in [1.54, 1.807) is 11.8 Å². The number of thioether (sulfide) groups is 1. The summed E-state index contributed by atoms with van der Waals surface area (Å²) in [4.78, 5) is 52.1. The van der Waals surface area contributed by atoms with Gasteiger partial charge in [0.15, 0.2) is 0 Å². The van der Waals surface area contributed by atoms with Crippen LogP contribution < -0.4 is 16.4 Å². The summed E-state index contributed by atoms with van der Waals surface area (Å²) < 4.78 is 5.82. The van der Waals surface area contributed by atoms with E-state index in [9.17, 15) is 19.2 Å². The molecule has 10 heteroatoms. The van der Waals surface area contributed by atoms with Gasteiger partial charge in [-0.15, -0.1) is 0 Å². The van der Waals surface area contributed by atoms with Crippen molar-refractivity contribution in [3.05, 3.63) is 59.7 Å². The molecule has 2 aliphatic heterocycles. The number of carbonyl (C=O) groups is 4. The third-order valence-electron chi connectivity index (χ3n) is 7.81. The van der Waals surface area contributed by atoms with Crippen LogP contribution in [0.5, 0.6) is 0 Å². The van der Waals surface area contributed by atoms with Crippen molar-refractivity contribution < 1.29 is 23.9 Å². The molecule has 0 bridgehead atoms. The van der Waals surface area contributed by atoms with Gasteiger partial charge >= 0.3 is 6.09 Å². The molecular weight excluding hydrogens is 504 g/mol. The van der Waals surface area contributed by atoms with Crippen LogP contribution in [0.1, 0.15) is 36.3 Å². The van der Waals surface area contributed by atoms with Crippen LogP contribution in [0.25, 0.3) is 11.1 Å². The number of likely N-dealkylation sites (tertiary alicyclic amines) is 1. The number of amides is 4. The number of fused-ring (bicyclic) bond motifs is 3. The summed E-state index contributed by atoms with van der Waals surface area (Å²) in [5.74, 6) is -1.78. The van der Waals surface area contributed by atoms with Crippen molar-refractivity contribution in [2.75, 3.05) is 26.0 Å². The van der Waals surface area contributed by atoms with Gasteiger partial charge in [-0.05, 0) is 47.8 Å². The lowest BCUT2D eigenvalue weighted by Crippen LogP contribution is -2.53. The summed E-state index contributed by atoms with van der Waals surface area (Å²) in [7, 11) is 0. The Bertz CT molecular complexity index is 1210. The van der Waals surface area contributed by atoms with Gasteiger partial charge in [0.05, 0.1) is 0 Å². The van der Waals surface area contributed by atoms with E-state index in [0.717, 1.165) is 22.3 Å². The Balaban J connectivity index is 1.27. The van der Waals surface area contributed by atoms with Crippen LogP contribution in [0.15, 0.2) is 48.5 Å². The van der Waals surface area contributed by atoms with Crippen molar-refractivity contribution in [1.82, 2.24) is 15.5 Å². The molecule has 0 radical (unpaired) electrons. The van der Waals surface area contributed by atoms with Gasteiger partial charge in [0, 0.05) is 30.2 Å². The van der Waals surface area contributed by atoms with Crippen LogP contribution in [0.2, 0.25) is 0 Å². The Morgan fingerprint density at radius 2 is 1.79 bits per heavy atom. The first kappa shape index (κ1) is 26.1. The molecule has 5 rings (SSSR count). The summed E-state index contributed by atoms with van der Waals surface area (Å²) in [5, 5.41) is 5.49. The lowest BCUT2D eigenvalue weighted by molar-refractivity contribution is -0.131. The minimum Gasteiger partial charge on any atom is -0.448 e. The maximum atomic E-state index is 13.3. The molecule has 0 aromatic heterocycles. The first-order valence-electron chi connectivity index (χ1n) is 12.9. The lowest BCUT2D eigenvalue weighted by Gasteiger charge is -2.26. The fourth-order valence-electron chi connectivity index (χ4n) is 5.76. The second-order valence-corrected chi connectivity index (χ2v) is 11.2. The molecule has 4 amide bonds. The molecule has 2 saturated heterocycles. The van der Waals surface area contributed by atoms with Gasteiger partial charge in [-0.25, -0.2) is 4.79 Å². The van der Waals surface area contributed by atoms with Crippen LogP contribution in [0.3, 0.4) is 0 Å². The molecule has 1 aliphatic carbocycles. The van der Waals surface area contributed by atoms with Crippen LogP contribution in [-0.2, 0) is 19.1 Å². The molecule has 4 N–H and O–H groups in total. The molecule has 0 spiro atoms. The highest BCUT2D eigenvalue weighted by Gasteiger charge is 2.42. The Labute approximate surface area is 225 Å². The minimum atomic E-state index is -0.992. The number of nitrogens with zero attached hydrogens (tertiary/aromatic N) is 1. The van der Waals surface area contributed by atoms with E-state index in [0.29, 0.717) is 25.9 Å². The number of carbonyl (C=O) groups excluding carboxylic acids is 4. The predicted octanol–water partition coefficient (Wildman–Crippen LogP) is 2.24. The number of nitrogens with one attached hydrogen (secondary N) is 2. The smallest absolute Gasteiger partial charge is 0.410 e. The standard InChI is InChI=1S/C28H32N4O5S/c1-38-17-13-24(27(35)31-23(25(29)33)12-16-10-11-30-26(16)34)32(14-17)28(36)37-15-22-20-8-4-2-6-18(20)19-7-3-5-9-21(19)22/h2-9,16-17,22-24H,10-15H2,1H3,(H2,29,33)(H,30,34)(H,31,35)/t16-,17+,23-,24-/m0/s1. The van der Waals surface area contributed by atoms with Gasteiger partial charge in [0.2, 0.25) is 17.7 Å². The van der Waals surface area contributed by atoms with Crippen LogP contribution in [-0.4, -0.2) is 72.0 Å². The second-order valence-electron chi connectivity index (χ2n) is 10.0. The first-order valence-corrected chi connectivity index (χ1v) is 14.2. The zero-order chi connectivity index (χ0) is 26.8. The van der Waals surface area contributed by atoms with Crippen molar-refractivity contribution >= 4 is 35.6 Å². The van der Waals surface area contributed by atoms with E-state index in [1.807, 2.05) is 30.5 Å². The molecule has 2 aromatic carbocycles. The highest BCUT2D eigenvalue weighted by Crippen LogP contribution is 2.44. The first-order chi connectivity index (χ1) is 18.4. The average molecular weight is 537 g/mol. The van der Waals surface area contributed by atoms with Crippen molar-refractivity contribution in [3.63, 3.8) is 0 Å². The van der Waals surface area contributed by atoms with E-state index in [2.05, 4.69) is 34.9 Å². The molecule has 0 unspecified atom stereocenters. The highest BCUT2D eigenvalue weighted by atomic mass is 32.2. The summed E-state index contributed by atoms with van der Waals surface area (Å²) >= 11 is 1.58. The summed E-state index contributed by atoms with van der Waals surface area (Å²) in [6.45, 7) is 1.06. The Hall–Kier alpha value is -3.53. The Morgan fingerprint density at radius 3 is 2.37 bits per heavy atom. The van der Waals surface area contributed by atoms with Crippen LogP contribution >= 0.6 is 11.8 Å². The second kappa shape index (κ2) is 11.1. The van der Waals surface area contributed by atoms with Gasteiger partial charge in [-0.1, -0.05) is 48.5 Å². The minimum absolute atomic E-state index is 0.0545. The largest absolute Gasteiger partial charge is 0.448 e. The van der Waals surface area contributed by atoms with Gasteiger partial charge in [-0.3, -0.25) is 19.3 Å². The summed E-state index contributed by atoms with van der Waals surface area (Å²) in [6, 6.07) is 14.4. The van der Waals surface area contributed by atoms with Gasteiger partial charge in [0.25, 0.3) is 0 Å². The topological polar surface area (TPSA) is 131 Å². The van der Waals surface area contributed by atoms with Gasteiger partial charge in [0.1, 0.15) is 18.7 Å². The van der Waals surface area contributed by atoms with Crippen LogP contribution in [0, 0.1) is 5.92 Å². The molecule has 4 atom stereocenters. The van der Waals surface area contributed by atoms with Crippen molar-refractivity contribution in [2.45, 2.75) is 42.5 Å². The Morgan fingerprint density at radius 1 is 1.13 bits per heavy atom. The number of benzene rings is 2. The van der Waals surface area contributed by atoms with E-state index in [4.69, 9.17) is 10.5 Å². The van der Waals surface area contributed by atoms with E-state index >= 15 is 0 Å². The Kier molecular flexibility index (Phi) is 7.60. The third kappa shape index (κ3) is 5.09. The quantitative estimate of drug-likeness (QED) is 0.474. The number of hydrogen-bond acceptors (Lipinski definition) is 6. The van der Waals surface area contributed by atoms with Gasteiger partial charge in [-0.2, -0.15) is 11.8 Å². The average Bonchev–Trinajstić information content (AvgIpc) is 3.62. The van der Waals surface area contributed by atoms with Crippen LogP contribution in [0.4, 0.5) is 4.79 Å².